The molecule has 1 aliphatic heterocycles. The molecular formula is C16H20N6O4. The standard InChI is InChI=1S/C16H20N6O4/c1-11-18-15(26-19-11)13-9-17-10-22(16(13)25)4-3-14(24)21-7-5-20(6-8-21)12(2)23/h9-10H,3-8H2,1-2H3. The van der Waals surface area contributed by atoms with Gasteiger partial charge in [-0.05, 0) is 6.92 Å². The van der Waals surface area contributed by atoms with E-state index in [1.54, 1.807) is 16.7 Å². The molecule has 2 aromatic rings. The second kappa shape index (κ2) is 7.46. The van der Waals surface area contributed by atoms with Crippen molar-refractivity contribution < 1.29 is 14.1 Å². The fourth-order valence-electron chi connectivity index (χ4n) is 2.81. The summed E-state index contributed by atoms with van der Waals surface area (Å²) < 4.78 is 6.37. The normalized spacial score (nSPS) is 14.5. The van der Waals surface area contributed by atoms with Crippen LogP contribution in [0.3, 0.4) is 0 Å². The molecule has 10 nitrogen and oxygen atoms in total. The van der Waals surface area contributed by atoms with Gasteiger partial charge in [-0.2, -0.15) is 4.98 Å². The maximum absolute atomic E-state index is 12.5. The predicted octanol–water partition coefficient (Wildman–Crippen LogP) is -0.317. The number of hydrogen-bond donors (Lipinski definition) is 0. The highest BCUT2D eigenvalue weighted by Gasteiger charge is 2.22. The third-order valence-electron chi connectivity index (χ3n) is 4.30. The van der Waals surface area contributed by atoms with E-state index in [4.69, 9.17) is 4.52 Å². The Kier molecular flexibility index (Phi) is 5.10. The summed E-state index contributed by atoms with van der Waals surface area (Å²) in [6.07, 6.45) is 2.93. The molecule has 26 heavy (non-hydrogen) atoms. The lowest BCUT2D eigenvalue weighted by molar-refractivity contribution is -0.138. The van der Waals surface area contributed by atoms with Crippen LogP contribution in [0.1, 0.15) is 19.2 Å². The highest BCUT2D eigenvalue weighted by molar-refractivity contribution is 5.77. The van der Waals surface area contributed by atoms with Crippen molar-refractivity contribution >= 4 is 11.8 Å². The van der Waals surface area contributed by atoms with Gasteiger partial charge in [-0.25, -0.2) is 4.98 Å². The van der Waals surface area contributed by atoms with Gasteiger partial charge in [0.05, 0.1) is 6.33 Å². The Labute approximate surface area is 149 Å². The lowest BCUT2D eigenvalue weighted by atomic mass is 10.2. The number of hydrogen-bond acceptors (Lipinski definition) is 7. The summed E-state index contributed by atoms with van der Waals surface area (Å²) in [6, 6.07) is 0. The van der Waals surface area contributed by atoms with Crippen molar-refractivity contribution in [3.05, 3.63) is 28.7 Å². The summed E-state index contributed by atoms with van der Waals surface area (Å²) in [5.74, 6) is 0.498. The van der Waals surface area contributed by atoms with Crippen molar-refractivity contribution in [3.63, 3.8) is 0 Å². The first-order valence-corrected chi connectivity index (χ1v) is 8.34. The van der Waals surface area contributed by atoms with Gasteiger partial charge in [0.25, 0.3) is 11.4 Å². The lowest BCUT2D eigenvalue weighted by Gasteiger charge is -2.34. The molecule has 3 heterocycles. The van der Waals surface area contributed by atoms with Crippen LogP contribution in [0.25, 0.3) is 11.5 Å². The number of amides is 2. The molecule has 0 unspecified atom stereocenters. The van der Waals surface area contributed by atoms with Crippen molar-refractivity contribution in [1.82, 2.24) is 29.5 Å². The Hall–Kier alpha value is -3.04. The summed E-state index contributed by atoms with van der Waals surface area (Å²) >= 11 is 0. The highest BCUT2D eigenvalue weighted by atomic mass is 16.5. The molecule has 0 spiro atoms. The number of carbonyl (C=O) groups excluding carboxylic acids is 2. The van der Waals surface area contributed by atoms with E-state index in [-0.39, 0.29) is 41.8 Å². The predicted molar refractivity (Wildman–Crippen MR) is 90.0 cm³/mol. The second-order valence-electron chi connectivity index (χ2n) is 6.09. The van der Waals surface area contributed by atoms with E-state index in [9.17, 15) is 14.4 Å². The Morgan fingerprint density at radius 3 is 2.50 bits per heavy atom. The first-order chi connectivity index (χ1) is 12.5. The molecule has 1 saturated heterocycles. The quantitative estimate of drug-likeness (QED) is 0.734. The van der Waals surface area contributed by atoms with Gasteiger partial charge < -0.3 is 14.3 Å². The third-order valence-corrected chi connectivity index (χ3v) is 4.30. The van der Waals surface area contributed by atoms with Gasteiger partial charge in [0.2, 0.25) is 11.8 Å². The van der Waals surface area contributed by atoms with Gasteiger partial charge in [-0.3, -0.25) is 19.0 Å². The van der Waals surface area contributed by atoms with Crippen LogP contribution in [0.5, 0.6) is 0 Å². The van der Waals surface area contributed by atoms with Crippen LogP contribution >= 0.6 is 0 Å². The topological polar surface area (TPSA) is 114 Å². The molecule has 10 heteroatoms. The van der Waals surface area contributed by atoms with Crippen LogP contribution in [0.4, 0.5) is 0 Å². The van der Waals surface area contributed by atoms with Crippen molar-refractivity contribution in [2.24, 2.45) is 0 Å². The summed E-state index contributed by atoms with van der Waals surface area (Å²) in [5, 5.41) is 3.67. The average molecular weight is 360 g/mol. The summed E-state index contributed by atoms with van der Waals surface area (Å²) in [7, 11) is 0. The van der Waals surface area contributed by atoms with E-state index in [1.165, 1.54) is 24.0 Å². The maximum atomic E-state index is 12.5. The van der Waals surface area contributed by atoms with Crippen molar-refractivity contribution in [2.45, 2.75) is 26.8 Å². The first kappa shape index (κ1) is 17.8. The molecule has 1 fully saturated rings. The largest absolute Gasteiger partial charge is 0.339 e. The number of rotatable bonds is 4. The number of aromatic nitrogens is 4. The van der Waals surface area contributed by atoms with E-state index in [0.717, 1.165) is 0 Å². The number of carbonyl (C=O) groups is 2. The zero-order chi connectivity index (χ0) is 18.7. The fourth-order valence-corrected chi connectivity index (χ4v) is 2.81. The number of nitrogens with zero attached hydrogens (tertiary/aromatic N) is 6. The van der Waals surface area contributed by atoms with Gasteiger partial charge >= 0.3 is 0 Å². The van der Waals surface area contributed by atoms with Crippen LogP contribution in [-0.4, -0.2) is 67.5 Å². The minimum absolute atomic E-state index is 0.0165. The Morgan fingerprint density at radius 1 is 1.19 bits per heavy atom. The zero-order valence-corrected chi connectivity index (χ0v) is 14.7. The minimum Gasteiger partial charge on any atom is -0.339 e. The molecular weight excluding hydrogens is 340 g/mol. The first-order valence-electron chi connectivity index (χ1n) is 8.34. The Morgan fingerprint density at radius 2 is 1.88 bits per heavy atom. The van der Waals surface area contributed by atoms with Crippen molar-refractivity contribution in [3.8, 4) is 11.5 Å². The maximum Gasteiger partial charge on any atom is 0.266 e. The molecule has 0 N–H and O–H groups in total. The minimum atomic E-state index is -0.335. The van der Waals surface area contributed by atoms with Crippen LogP contribution in [0.15, 0.2) is 21.8 Å². The molecule has 3 rings (SSSR count). The SMILES string of the molecule is CC(=O)N1CCN(C(=O)CCn2cncc(-c3nc(C)no3)c2=O)CC1. The van der Waals surface area contributed by atoms with Crippen molar-refractivity contribution in [2.75, 3.05) is 26.2 Å². The van der Waals surface area contributed by atoms with E-state index >= 15 is 0 Å². The fraction of sp³-hybridized carbons (Fsp3) is 0.500. The van der Waals surface area contributed by atoms with Gasteiger partial charge in [-0.1, -0.05) is 5.16 Å². The average Bonchev–Trinajstić information content (AvgIpc) is 3.06. The van der Waals surface area contributed by atoms with E-state index in [2.05, 4.69) is 15.1 Å². The Balaban J connectivity index is 1.62. The number of aryl methyl sites for hydroxylation is 2. The summed E-state index contributed by atoms with van der Waals surface area (Å²) in [5.41, 5.74) is -0.131. The summed E-state index contributed by atoms with van der Waals surface area (Å²) in [6.45, 7) is 5.47. The molecule has 138 valence electrons. The summed E-state index contributed by atoms with van der Waals surface area (Å²) in [4.78, 5) is 47.7. The van der Waals surface area contributed by atoms with Crippen LogP contribution in [-0.2, 0) is 16.1 Å². The molecule has 0 aromatic carbocycles. The molecule has 0 atom stereocenters. The third kappa shape index (κ3) is 3.79. The molecule has 0 saturated carbocycles. The molecule has 0 radical (unpaired) electrons. The van der Waals surface area contributed by atoms with Crippen LogP contribution in [0, 0.1) is 6.92 Å². The van der Waals surface area contributed by atoms with Gasteiger partial charge in [0, 0.05) is 52.3 Å². The van der Waals surface area contributed by atoms with E-state index < -0.39 is 0 Å². The van der Waals surface area contributed by atoms with E-state index in [0.29, 0.717) is 32.0 Å². The molecule has 1 aliphatic rings. The van der Waals surface area contributed by atoms with Crippen LogP contribution in [0.2, 0.25) is 0 Å². The van der Waals surface area contributed by atoms with Crippen molar-refractivity contribution in [1.29, 1.82) is 0 Å². The molecule has 0 bridgehead atoms. The van der Waals surface area contributed by atoms with Gasteiger partial charge in [0.1, 0.15) is 5.56 Å². The molecule has 0 aliphatic carbocycles. The lowest BCUT2D eigenvalue weighted by Crippen LogP contribution is -2.50. The monoisotopic (exact) mass is 360 g/mol. The Bertz CT molecular complexity index is 866. The smallest absolute Gasteiger partial charge is 0.266 e. The second-order valence-corrected chi connectivity index (χ2v) is 6.09. The van der Waals surface area contributed by atoms with Crippen LogP contribution < -0.4 is 5.56 Å². The van der Waals surface area contributed by atoms with Gasteiger partial charge in [-0.15, -0.1) is 0 Å². The van der Waals surface area contributed by atoms with Gasteiger partial charge in [0.15, 0.2) is 5.82 Å². The molecule has 2 aromatic heterocycles. The highest BCUT2D eigenvalue weighted by Crippen LogP contribution is 2.11. The molecule has 2 amide bonds. The zero-order valence-electron chi connectivity index (χ0n) is 14.7. The number of piperazine rings is 1. The van der Waals surface area contributed by atoms with E-state index in [1.807, 2.05) is 0 Å².